The summed E-state index contributed by atoms with van der Waals surface area (Å²) in [7, 11) is -4.77. The molecule has 2 atom stereocenters. The lowest BCUT2D eigenvalue weighted by Gasteiger charge is -2.18. The number of carbonyl (C=O) groups excluding carboxylic acids is 2. The average molecular weight is 713 g/mol. The lowest BCUT2D eigenvalue weighted by Crippen LogP contribution is -2.29. The molecule has 0 saturated carbocycles. The Labute approximate surface area is 297 Å². The van der Waals surface area contributed by atoms with Crippen LogP contribution in [0.1, 0.15) is 162 Å². The Hall–Kier alpha value is -2.03. The predicted molar refractivity (Wildman–Crippen MR) is 199 cm³/mol. The fraction of sp³-hybridized carbons (Fsp3) is 0.744. The molecule has 0 spiro atoms. The molecule has 0 aliphatic rings. The van der Waals surface area contributed by atoms with Gasteiger partial charge in [0, 0.05) is 12.8 Å². The summed E-state index contributed by atoms with van der Waals surface area (Å²) in [5.41, 5.74) is 0. The van der Waals surface area contributed by atoms with Gasteiger partial charge in [-0.15, -0.1) is 0 Å². The molecule has 10 heteroatoms. The first-order valence-corrected chi connectivity index (χ1v) is 20.5. The third-order valence-corrected chi connectivity index (χ3v) is 8.50. The number of esters is 2. The zero-order chi connectivity index (χ0) is 36.3. The van der Waals surface area contributed by atoms with Gasteiger partial charge in [-0.3, -0.25) is 14.1 Å². The van der Waals surface area contributed by atoms with Gasteiger partial charge in [0.1, 0.15) is 6.61 Å². The van der Waals surface area contributed by atoms with Crippen LogP contribution in [0.4, 0.5) is 0 Å². The Morgan fingerprint density at radius 3 is 1.59 bits per heavy atom. The summed E-state index contributed by atoms with van der Waals surface area (Å²) in [6, 6.07) is 0. The summed E-state index contributed by atoms with van der Waals surface area (Å²) in [6.45, 7) is 3.34. The molecule has 0 aromatic rings. The maximum Gasteiger partial charge on any atom is 0.469 e. The van der Waals surface area contributed by atoms with E-state index in [0.29, 0.717) is 19.3 Å². The van der Waals surface area contributed by atoms with Crippen LogP contribution < -0.4 is 0 Å². The number of carbonyl (C=O) groups is 2. The largest absolute Gasteiger partial charge is 0.469 e. The Bertz CT molecular complexity index is 954. The smallest absolute Gasteiger partial charge is 0.462 e. The minimum Gasteiger partial charge on any atom is -0.462 e. The van der Waals surface area contributed by atoms with E-state index in [1.54, 1.807) is 0 Å². The molecular weight excluding hydrogens is 643 g/mol. The van der Waals surface area contributed by atoms with Crippen LogP contribution in [0.3, 0.4) is 0 Å². The van der Waals surface area contributed by atoms with Crippen LogP contribution in [0.5, 0.6) is 0 Å². The molecule has 0 aliphatic heterocycles. The molecule has 3 N–H and O–H groups in total. The Morgan fingerprint density at radius 2 is 1.08 bits per heavy atom. The highest BCUT2D eigenvalue weighted by Gasteiger charge is 2.22. The molecule has 284 valence electrons. The maximum absolute atomic E-state index is 12.3. The van der Waals surface area contributed by atoms with Crippen LogP contribution in [0.15, 0.2) is 48.6 Å². The van der Waals surface area contributed by atoms with Crippen molar-refractivity contribution in [3.8, 4) is 0 Å². The van der Waals surface area contributed by atoms with Gasteiger partial charge < -0.3 is 24.4 Å². The van der Waals surface area contributed by atoms with Crippen molar-refractivity contribution in [2.75, 3.05) is 13.2 Å². The van der Waals surface area contributed by atoms with E-state index in [-0.39, 0.29) is 25.6 Å². The maximum atomic E-state index is 12.3. The standard InChI is InChI=1S/C39H69O9P/c1-3-5-6-7-8-9-10-13-18-21-24-27-30-33-39(42)48-37(35-47-49(43,44)45)34-46-38(41)32-29-26-23-20-17-15-12-11-14-16-19-22-25-28-31-36(40)4-2/h12,14-16,20,22-23,25,36-37,40H,3-11,13,17-19,21,24,26-35H2,1-2H3,(H2,43,44,45)/b15-12-,16-14-,23-20-,25-22-/t36-,37+/m0/s1. The second-order valence-corrected chi connectivity index (χ2v) is 13.9. The number of rotatable bonds is 34. The average Bonchev–Trinajstić information content (AvgIpc) is 3.07. The van der Waals surface area contributed by atoms with Crippen molar-refractivity contribution in [1.29, 1.82) is 0 Å². The minimum absolute atomic E-state index is 0.178. The van der Waals surface area contributed by atoms with E-state index in [4.69, 9.17) is 19.3 Å². The molecular formula is C39H69O9P. The molecule has 0 rings (SSSR count). The minimum atomic E-state index is -4.77. The first kappa shape index (κ1) is 47.0. The topological polar surface area (TPSA) is 140 Å². The third-order valence-electron chi connectivity index (χ3n) is 8.01. The fourth-order valence-electron chi connectivity index (χ4n) is 4.99. The predicted octanol–water partition coefficient (Wildman–Crippen LogP) is 10.1. The second kappa shape index (κ2) is 34.4. The SMILES string of the molecule is CCCCCCCCCCCCCCCC(=O)O[C@H](COC(=O)CCC/C=C\C/C=C\C/C=C\C/C=C\CC[C@@H](O)CC)COP(=O)(O)O. The first-order chi connectivity index (χ1) is 23.7. The van der Waals surface area contributed by atoms with Crippen LogP contribution in [0.25, 0.3) is 0 Å². The number of hydrogen-bond donors (Lipinski definition) is 3. The van der Waals surface area contributed by atoms with Gasteiger partial charge in [-0.05, 0) is 57.8 Å². The van der Waals surface area contributed by atoms with E-state index in [2.05, 4.69) is 47.9 Å². The lowest BCUT2D eigenvalue weighted by molar-refractivity contribution is -0.161. The molecule has 9 nitrogen and oxygen atoms in total. The van der Waals surface area contributed by atoms with Crippen molar-refractivity contribution in [2.24, 2.45) is 0 Å². The highest BCUT2D eigenvalue weighted by molar-refractivity contribution is 7.46. The van der Waals surface area contributed by atoms with Crippen LogP contribution >= 0.6 is 7.82 Å². The second-order valence-electron chi connectivity index (χ2n) is 12.7. The molecule has 0 aromatic heterocycles. The zero-order valence-electron chi connectivity index (χ0n) is 30.7. The van der Waals surface area contributed by atoms with Gasteiger partial charge in [-0.2, -0.15) is 0 Å². The van der Waals surface area contributed by atoms with Crippen LogP contribution in [0.2, 0.25) is 0 Å². The zero-order valence-corrected chi connectivity index (χ0v) is 31.6. The first-order valence-electron chi connectivity index (χ1n) is 19.0. The van der Waals surface area contributed by atoms with Gasteiger partial charge in [-0.1, -0.05) is 140 Å². The molecule has 0 unspecified atom stereocenters. The number of unbranched alkanes of at least 4 members (excludes halogenated alkanes) is 13. The Kier molecular flexibility index (Phi) is 33.0. The highest BCUT2D eigenvalue weighted by Crippen LogP contribution is 2.36. The third kappa shape index (κ3) is 37.1. The highest BCUT2D eigenvalue weighted by atomic mass is 31.2. The fourth-order valence-corrected chi connectivity index (χ4v) is 5.35. The van der Waals surface area contributed by atoms with Crippen LogP contribution in [0, 0.1) is 0 Å². The van der Waals surface area contributed by atoms with Crippen molar-refractivity contribution in [2.45, 2.75) is 174 Å². The van der Waals surface area contributed by atoms with Crippen LogP contribution in [-0.2, 0) is 28.2 Å². The summed E-state index contributed by atoms with van der Waals surface area (Å²) in [4.78, 5) is 42.7. The monoisotopic (exact) mass is 712 g/mol. The number of hydrogen-bond acceptors (Lipinski definition) is 7. The number of aliphatic hydroxyl groups excluding tert-OH is 1. The molecule has 0 aliphatic carbocycles. The van der Waals surface area contributed by atoms with E-state index >= 15 is 0 Å². The van der Waals surface area contributed by atoms with E-state index in [0.717, 1.165) is 57.8 Å². The van der Waals surface area contributed by atoms with Crippen molar-refractivity contribution >= 4 is 19.8 Å². The number of aliphatic hydroxyl groups is 1. The molecule has 0 fully saturated rings. The van der Waals surface area contributed by atoms with Crippen LogP contribution in [-0.4, -0.2) is 52.3 Å². The van der Waals surface area contributed by atoms with E-state index in [1.807, 2.05) is 19.1 Å². The molecule has 0 heterocycles. The summed E-state index contributed by atoms with van der Waals surface area (Å²) >= 11 is 0. The summed E-state index contributed by atoms with van der Waals surface area (Å²) in [6.07, 6.45) is 37.8. The summed E-state index contributed by atoms with van der Waals surface area (Å²) in [5, 5.41) is 9.53. The number of ether oxygens (including phenoxy) is 2. The van der Waals surface area contributed by atoms with E-state index in [1.165, 1.54) is 57.8 Å². The van der Waals surface area contributed by atoms with Crippen molar-refractivity contribution < 1.29 is 43.0 Å². The van der Waals surface area contributed by atoms with Gasteiger partial charge in [0.2, 0.25) is 0 Å². The van der Waals surface area contributed by atoms with Crippen molar-refractivity contribution in [1.82, 2.24) is 0 Å². The molecule has 49 heavy (non-hydrogen) atoms. The van der Waals surface area contributed by atoms with Crippen molar-refractivity contribution in [3.05, 3.63) is 48.6 Å². The number of phosphoric acid groups is 1. The number of phosphoric ester groups is 1. The number of allylic oxidation sites excluding steroid dienone is 8. The summed E-state index contributed by atoms with van der Waals surface area (Å²) in [5.74, 6) is -0.969. The molecule has 0 radical (unpaired) electrons. The van der Waals surface area contributed by atoms with E-state index < -0.39 is 32.5 Å². The van der Waals surface area contributed by atoms with Gasteiger partial charge in [0.15, 0.2) is 6.10 Å². The van der Waals surface area contributed by atoms with E-state index in [9.17, 15) is 19.3 Å². The normalized spacial score (nSPS) is 13.7. The molecule has 0 bridgehead atoms. The molecule has 0 aromatic carbocycles. The lowest BCUT2D eigenvalue weighted by atomic mass is 10.0. The molecule has 0 amide bonds. The van der Waals surface area contributed by atoms with Gasteiger partial charge in [0.25, 0.3) is 0 Å². The van der Waals surface area contributed by atoms with Crippen molar-refractivity contribution in [3.63, 3.8) is 0 Å². The quantitative estimate of drug-likeness (QED) is 0.0257. The Morgan fingerprint density at radius 1 is 0.612 bits per heavy atom. The molecule has 0 saturated heterocycles. The van der Waals surface area contributed by atoms with Gasteiger partial charge in [0.05, 0.1) is 12.7 Å². The van der Waals surface area contributed by atoms with Gasteiger partial charge in [-0.25, -0.2) is 4.57 Å². The Balaban J connectivity index is 4.07. The summed E-state index contributed by atoms with van der Waals surface area (Å²) < 4.78 is 26.2. The van der Waals surface area contributed by atoms with Gasteiger partial charge >= 0.3 is 19.8 Å².